The topological polar surface area (TPSA) is 152 Å². The van der Waals surface area contributed by atoms with E-state index >= 15 is 0 Å². The molecule has 1 saturated heterocycles. The van der Waals surface area contributed by atoms with Crippen LogP contribution in [-0.4, -0.2) is 74.2 Å². The smallest absolute Gasteiger partial charge is 0.325 e. The van der Waals surface area contributed by atoms with E-state index in [1.807, 2.05) is 18.7 Å². The molecule has 1 amide bonds. The summed E-state index contributed by atoms with van der Waals surface area (Å²) in [6.07, 6.45) is 1.31. The molecule has 0 spiro atoms. The van der Waals surface area contributed by atoms with Crippen LogP contribution < -0.4 is 5.32 Å². The molecule has 0 saturated carbocycles. The number of piperazine rings is 1. The lowest BCUT2D eigenvalue weighted by Gasteiger charge is -2.37. The number of carbonyl (C=O) groups is 3. The van der Waals surface area contributed by atoms with Crippen LogP contribution in [0.2, 0.25) is 0 Å². The van der Waals surface area contributed by atoms with E-state index in [2.05, 4.69) is 20.4 Å². The SMILES string of the molecule is Cc1noc(C)c1CN1CCN([C@H](C(=O)O)c2c[nH]c3ccc(NC(=O)CCC(=O)O)cc23)CC1. The normalized spacial score (nSPS) is 15.8. The first kappa shape index (κ1) is 24.4. The maximum Gasteiger partial charge on any atom is 0.325 e. The number of aromatic amines is 1. The largest absolute Gasteiger partial charge is 0.481 e. The molecule has 3 heterocycles. The van der Waals surface area contributed by atoms with E-state index < -0.39 is 23.9 Å². The van der Waals surface area contributed by atoms with Crippen LogP contribution in [0.15, 0.2) is 28.9 Å². The monoisotopic (exact) mass is 483 g/mol. The summed E-state index contributed by atoms with van der Waals surface area (Å²) in [4.78, 5) is 42.5. The molecular weight excluding hydrogens is 454 g/mol. The number of hydrogen-bond donors (Lipinski definition) is 4. The number of aliphatic carboxylic acids is 2. The maximum atomic E-state index is 12.4. The molecular formula is C24H29N5O6. The number of amides is 1. The Morgan fingerprint density at radius 3 is 2.51 bits per heavy atom. The van der Waals surface area contributed by atoms with Crippen LogP contribution in [0.5, 0.6) is 0 Å². The van der Waals surface area contributed by atoms with Gasteiger partial charge in [-0.1, -0.05) is 5.16 Å². The molecule has 4 rings (SSSR count). The Bertz CT molecular complexity index is 1220. The number of carbonyl (C=O) groups excluding carboxylic acids is 1. The standard InChI is InChI=1S/C24H29N5O6/c1-14-19(15(2)35-27-14)13-28-7-9-29(10-8-28)23(24(33)34)18-12-25-20-4-3-16(11-17(18)20)26-21(30)5-6-22(31)32/h3-4,11-12,23,25H,5-10,13H2,1-2H3,(H,26,30)(H,31,32)(H,33,34)/t23-/m0/s1. The summed E-state index contributed by atoms with van der Waals surface area (Å²) in [5, 5.41) is 26.3. The van der Waals surface area contributed by atoms with E-state index in [-0.39, 0.29) is 12.8 Å². The number of anilines is 1. The fraction of sp³-hybridized carbons (Fsp3) is 0.417. The van der Waals surface area contributed by atoms with Crippen molar-refractivity contribution in [3.63, 3.8) is 0 Å². The zero-order valence-electron chi connectivity index (χ0n) is 19.7. The average Bonchev–Trinajstić information content (AvgIpc) is 3.37. The van der Waals surface area contributed by atoms with Crippen LogP contribution in [-0.2, 0) is 20.9 Å². The van der Waals surface area contributed by atoms with Crippen molar-refractivity contribution in [3.8, 4) is 0 Å². The highest BCUT2D eigenvalue weighted by molar-refractivity contribution is 5.96. The van der Waals surface area contributed by atoms with Gasteiger partial charge < -0.3 is 25.0 Å². The fourth-order valence-corrected chi connectivity index (χ4v) is 4.51. The molecule has 1 fully saturated rings. The van der Waals surface area contributed by atoms with Gasteiger partial charge in [-0.3, -0.25) is 24.2 Å². The second-order valence-corrected chi connectivity index (χ2v) is 8.80. The van der Waals surface area contributed by atoms with Gasteiger partial charge in [-0.2, -0.15) is 0 Å². The summed E-state index contributed by atoms with van der Waals surface area (Å²) in [5.41, 5.74) is 3.81. The minimum Gasteiger partial charge on any atom is -0.481 e. The minimum absolute atomic E-state index is 0.136. The Balaban J connectivity index is 1.48. The van der Waals surface area contributed by atoms with Crippen molar-refractivity contribution in [2.24, 2.45) is 0 Å². The number of carboxylic acid groups (broad SMARTS) is 2. The quantitative estimate of drug-likeness (QED) is 0.360. The molecule has 1 aliphatic rings. The van der Waals surface area contributed by atoms with E-state index in [1.165, 1.54) is 0 Å². The van der Waals surface area contributed by atoms with E-state index in [4.69, 9.17) is 9.63 Å². The Hall–Kier alpha value is -3.70. The predicted molar refractivity (Wildman–Crippen MR) is 127 cm³/mol. The number of carboxylic acids is 2. The molecule has 4 N–H and O–H groups in total. The summed E-state index contributed by atoms with van der Waals surface area (Å²) in [6, 6.07) is 4.35. The second kappa shape index (κ2) is 10.3. The number of H-pyrrole nitrogens is 1. The Kier molecular flexibility index (Phi) is 7.17. The summed E-state index contributed by atoms with van der Waals surface area (Å²) < 4.78 is 5.25. The number of nitrogens with one attached hydrogen (secondary N) is 2. The highest BCUT2D eigenvalue weighted by Gasteiger charge is 2.32. The molecule has 1 aliphatic heterocycles. The van der Waals surface area contributed by atoms with Crippen molar-refractivity contribution in [2.45, 2.75) is 39.3 Å². The van der Waals surface area contributed by atoms with E-state index in [0.29, 0.717) is 49.4 Å². The molecule has 11 heteroatoms. The first-order valence-corrected chi connectivity index (χ1v) is 11.5. The first-order valence-electron chi connectivity index (χ1n) is 11.5. The summed E-state index contributed by atoms with van der Waals surface area (Å²) in [7, 11) is 0. The van der Waals surface area contributed by atoms with Gasteiger partial charge in [0.15, 0.2) is 0 Å². The van der Waals surface area contributed by atoms with Crippen molar-refractivity contribution in [1.29, 1.82) is 0 Å². The van der Waals surface area contributed by atoms with Gasteiger partial charge in [0, 0.05) is 73.1 Å². The number of rotatable bonds is 9. The third-order valence-electron chi connectivity index (χ3n) is 6.43. The van der Waals surface area contributed by atoms with E-state index in [0.717, 1.165) is 22.5 Å². The Labute approximate surface area is 201 Å². The maximum absolute atomic E-state index is 12.4. The number of nitrogens with zero attached hydrogens (tertiary/aromatic N) is 3. The third-order valence-corrected chi connectivity index (χ3v) is 6.43. The van der Waals surface area contributed by atoms with Crippen molar-refractivity contribution < 1.29 is 29.1 Å². The molecule has 0 bridgehead atoms. The molecule has 35 heavy (non-hydrogen) atoms. The highest BCUT2D eigenvalue weighted by Crippen LogP contribution is 2.31. The molecule has 186 valence electrons. The number of hydrogen-bond acceptors (Lipinski definition) is 7. The summed E-state index contributed by atoms with van der Waals surface area (Å²) >= 11 is 0. The number of fused-ring (bicyclic) bond motifs is 1. The molecule has 2 aromatic heterocycles. The molecule has 1 atom stereocenters. The number of benzene rings is 1. The lowest BCUT2D eigenvalue weighted by atomic mass is 10.0. The van der Waals surface area contributed by atoms with Crippen molar-refractivity contribution >= 4 is 34.4 Å². The van der Waals surface area contributed by atoms with Gasteiger partial charge in [0.25, 0.3) is 0 Å². The van der Waals surface area contributed by atoms with Crippen LogP contribution in [0.3, 0.4) is 0 Å². The minimum atomic E-state index is -1.04. The highest BCUT2D eigenvalue weighted by atomic mass is 16.5. The zero-order chi connectivity index (χ0) is 25.1. The van der Waals surface area contributed by atoms with Crippen LogP contribution in [0.25, 0.3) is 10.9 Å². The molecule has 0 radical (unpaired) electrons. The molecule has 0 unspecified atom stereocenters. The van der Waals surface area contributed by atoms with Crippen LogP contribution in [0.4, 0.5) is 5.69 Å². The first-order chi connectivity index (χ1) is 16.7. The van der Waals surface area contributed by atoms with E-state index in [9.17, 15) is 19.5 Å². The molecule has 11 nitrogen and oxygen atoms in total. The van der Waals surface area contributed by atoms with Gasteiger partial charge in [-0.05, 0) is 32.0 Å². The van der Waals surface area contributed by atoms with Gasteiger partial charge in [0.1, 0.15) is 11.8 Å². The van der Waals surface area contributed by atoms with Gasteiger partial charge in [0.2, 0.25) is 5.91 Å². The zero-order valence-corrected chi connectivity index (χ0v) is 19.7. The van der Waals surface area contributed by atoms with Crippen LogP contribution in [0.1, 0.15) is 41.5 Å². The molecule has 1 aromatic carbocycles. The van der Waals surface area contributed by atoms with Gasteiger partial charge in [0.05, 0.1) is 12.1 Å². The lowest BCUT2D eigenvalue weighted by molar-refractivity contribution is -0.144. The van der Waals surface area contributed by atoms with Gasteiger partial charge in [-0.25, -0.2) is 0 Å². The van der Waals surface area contributed by atoms with Crippen molar-refractivity contribution in [3.05, 3.63) is 47.0 Å². The van der Waals surface area contributed by atoms with Crippen molar-refractivity contribution in [2.75, 3.05) is 31.5 Å². The summed E-state index contributed by atoms with van der Waals surface area (Å²) in [5.74, 6) is -1.59. The Morgan fingerprint density at radius 1 is 1.14 bits per heavy atom. The summed E-state index contributed by atoms with van der Waals surface area (Å²) in [6.45, 7) is 7.11. The molecule has 0 aliphatic carbocycles. The van der Waals surface area contributed by atoms with Crippen molar-refractivity contribution in [1.82, 2.24) is 19.9 Å². The van der Waals surface area contributed by atoms with E-state index in [1.54, 1.807) is 24.4 Å². The van der Waals surface area contributed by atoms with Crippen LogP contribution >= 0.6 is 0 Å². The predicted octanol–water partition coefficient (Wildman–Crippen LogP) is 2.52. The second-order valence-electron chi connectivity index (χ2n) is 8.80. The Morgan fingerprint density at radius 2 is 1.89 bits per heavy atom. The average molecular weight is 484 g/mol. The van der Waals surface area contributed by atoms with Gasteiger partial charge >= 0.3 is 11.9 Å². The molecule has 3 aromatic rings. The fourth-order valence-electron chi connectivity index (χ4n) is 4.51. The van der Waals surface area contributed by atoms with Crippen LogP contribution in [0, 0.1) is 13.8 Å². The number of aromatic nitrogens is 2. The number of aryl methyl sites for hydroxylation is 2. The van der Waals surface area contributed by atoms with Gasteiger partial charge in [-0.15, -0.1) is 0 Å². The lowest BCUT2D eigenvalue weighted by Crippen LogP contribution is -2.48. The third kappa shape index (κ3) is 5.52.